The summed E-state index contributed by atoms with van der Waals surface area (Å²) in [6.45, 7) is 15.7. The van der Waals surface area contributed by atoms with Gasteiger partial charge in [0.05, 0.1) is 30.0 Å². The van der Waals surface area contributed by atoms with E-state index >= 15 is 0 Å². The molecule has 43 heavy (non-hydrogen) atoms. The van der Waals surface area contributed by atoms with Crippen LogP contribution in [0.15, 0.2) is 12.7 Å². The Morgan fingerprint density at radius 1 is 0.837 bits per heavy atom. The second-order valence-electron chi connectivity index (χ2n) is 14.9. The zero-order valence-electron chi connectivity index (χ0n) is 26.6. The maximum absolute atomic E-state index is 11.8. The van der Waals surface area contributed by atoms with Crippen LogP contribution in [-0.2, 0) is 18.9 Å². The third-order valence-corrected chi connectivity index (χ3v) is 11.5. The third kappa shape index (κ3) is 6.74. The van der Waals surface area contributed by atoms with Crippen molar-refractivity contribution in [2.45, 2.75) is 159 Å². The summed E-state index contributed by atoms with van der Waals surface area (Å²) >= 11 is 0. The fourth-order valence-corrected chi connectivity index (χ4v) is 8.69. The second-order valence-corrected chi connectivity index (χ2v) is 14.9. The van der Waals surface area contributed by atoms with Gasteiger partial charge < -0.3 is 54.7 Å². The molecular weight excluding hydrogens is 560 g/mol. The van der Waals surface area contributed by atoms with E-state index in [1.165, 1.54) is 0 Å². The number of rotatable bonds is 9. The third-order valence-electron chi connectivity index (χ3n) is 11.5. The summed E-state index contributed by atoms with van der Waals surface area (Å²) < 4.78 is 23.7. The van der Waals surface area contributed by atoms with Crippen LogP contribution in [0.3, 0.4) is 0 Å². The van der Waals surface area contributed by atoms with Crippen molar-refractivity contribution in [2.24, 2.45) is 22.7 Å². The lowest BCUT2D eigenvalue weighted by molar-refractivity contribution is -0.314. The molecule has 2 saturated carbocycles. The van der Waals surface area contributed by atoms with Gasteiger partial charge in [0, 0.05) is 0 Å². The quantitative estimate of drug-likeness (QED) is 0.186. The van der Waals surface area contributed by atoms with Crippen LogP contribution in [0.1, 0.15) is 86.5 Å². The minimum Gasteiger partial charge on any atom is -0.390 e. The van der Waals surface area contributed by atoms with Crippen molar-refractivity contribution in [1.29, 1.82) is 0 Å². The molecule has 250 valence electrons. The molecular formula is C32H56O11. The molecule has 0 unspecified atom stereocenters. The fourth-order valence-electron chi connectivity index (χ4n) is 8.69. The lowest BCUT2D eigenvalue weighted by atomic mass is 9.44. The van der Waals surface area contributed by atoms with Crippen LogP contribution >= 0.6 is 0 Å². The van der Waals surface area contributed by atoms with Crippen molar-refractivity contribution in [3.05, 3.63) is 12.7 Å². The first kappa shape index (κ1) is 35.2. The average molecular weight is 617 g/mol. The largest absolute Gasteiger partial charge is 0.390 e. The Balaban J connectivity index is 1.48. The van der Waals surface area contributed by atoms with E-state index in [1.54, 1.807) is 19.9 Å². The van der Waals surface area contributed by atoms with Crippen LogP contribution in [0.25, 0.3) is 0 Å². The molecule has 4 rings (SSSR count). The Morgan fingerprint density at radius 3 is 1.98 bits per heavy atom. The summed E-state index contributed by atoms with van der Waals surface area (Å²) in [4.78, 5) is 0. The van der Waals surface area contributed by atoms with Crippen molar-refractivity contribution in [3.63, 3.8) is 0 Å². The van der Waals surface area contributed by atoms with Crippen molar-refractivity contribution in [2.75, 3.05) is 6.61 Å². The van der Waals surface area contributed by atoms with Gasteiger partial charge in [-0.1, -0.05) is 26.3 Å². The van der Waals surface area contributed by atoms with Crippen molar-refractivity contribution in [1.82, 2.24) is 0 Å². The molecule has 4 aliphatic rings. The van der Waals surface area contributed by atoms with Gasteiger partial charge in [-0.05, 0) is 88.9 Å². The first-order chi connectivity index (χ1) is 19.9. The maximum atomic E-state index is 11.8. The number of hydrogen-bond donors (Lipinski definition) is 7. The van der Waals surface area contributed by atoms with Crippen LogP contribution in [0.4, 0.5) is 0 Å². The topological polar surface area (TPSA) is 179 Å². The Morgan fingerprint density at radius 2 is 1.40 bits per heavy atom. The number of fused-ring (bicyclic) bond motifs is 1. The molecule has 0 aromatic rings. The van der Waals surface area contributed by atoms with E-state index in [9.17, 15) is 35.7 Å². The Bertz CT molecular complexity index is 964. The number of aliphatic hydroxyl groups is 7. The van der Waals surface area contributed by atoms with Gasteiger partial charge in [-0.2, -0.15) is 0 Å². The molecule has 0 radical (unpaired) electrons. The average Bonchev–Trinajstić information content (AvgIpc) is 2.94. The monoisotopic (exact) mass is 616 g/mol. The van der Waals surface area contributed by atoms with E-state index < -0.39 is 72.6 Å². The number of ether oxygens (including phenoxy) is 4. The summed E-state index contributed by atoms with van der Waals surface area (Å²) in [6.07, 6.45) is -4.66. The molecule has 2 aliphatic heterocycles. The first-order valence-electron chi connectivity index (χ1n) is 15.9. The number of aliphatic hydroxyl groups excluding tert-OH is 6. The van der Waals surface area contributed by atoms with Crippen LogP contribution in [0.5, 0.6) is 0 Å². The normalized spacial score (nSPS) is 52.2. The molecule has 2 aliphatic carbocycles. The molecule has 2 heterocycles. The van der Waals surface area contributed by atoms with Crippen molar-refractivity contribution in [3.8, 4) is 0 Å². The lowest BCUT2D eigenvalue weighted by Crippen LogP contribution is -2.61. The number of hydrogen-bond acceptors (Lipinski definition) is 11. The summed E-state index contributed by atoms with van der Waals surface area (Å²) in [7, 11) is 0. The molecule has 0 aromatic carbocycles. The van der Waals surface area contributed by atoms with E-state index in [0.717, 1.165) is 25.7 Å². The van der Waals surface area contributed by atoms with E-state index in [-0.39, 0.29) is 22.7 Å². The van der Waals surface area contributed by atoms with Crippen LogP contribution in [0.2, 0.25) is 0 Å². The summed E-state index contributed by atoms with van der Waals surface area (Å²) in [5.74, 6) is 0.0998. The minimum atomic E-state index is -1.43. The maximum Gasteiger partial charge on any atom is 0.187 e. The van der Waals surface area contributed by atoms with Gasteiger partial charge in [-0.3, -0.25) is 0 Å². The Labute approximate surface area is 255 Å². The highest BCUT2D eigenvalue weighted by Crippen LogP contribution is 2.63. The summed E-state index contributed by atoms with van der Waals surface area (Å²) in [5.41, 5.74) is -2.39. The van der Waals surface area contributed by atoms with Crippen LogP contribution < -0.4 is 0 Å². The van der Waals surface area contributed by atoms with Gasteiger partial charge in [0.2, 0.25) is 0 Å². The highest BCUT2D eigenvalue weighted by Gasteiger charge is 2.59. The van der Waals surface area contributed by atoms with Crippen molar-refractivity contribution >= 4 is 0 Å². The molecule has 11 nitrogen and oxygen atoms in total. The molecule has 11 heteroatoms. The summed E-state index contributed by atoms with van der Waals surface area (Å²) in [6, 6.07) is 0. The molecule has 7 N–H and O–H groups in total. The Hall–Kier alpha value is -0.700. The minimum absolute atomic E-state index is 0.0988. The molecule has 0 bridgehead atoms. The lowest BCUT2D eigenvalue weighted by Gasteiger charge is -2.62. The Kier molecular flexibility index (Phi) is 10.5. The van der Waals surface area contributed by atoms with Gasteiger partial charge >= 0.3 is 0 Å². The highest BCUT2D eigenvalue weighted by atomic mass is 16.7. The standard InChI is InChI=1S/C32H56O11/c1-8-30(5,43-28-26(38)24(36)22(34)18(3)42-28)14-10-20-31(6)13-9-12-29(4,19(31)11-15-32(20,7)39)16-40-27-25(37)23(35)21(33)17(2)41-27/h8,17-28,33-39H,1,9-16H2,2-7H3/t17-,18-,19+,20-,21-,22-,23+,24+,25+,26+,27+,28-,29-,30-,31+,32+/m0/s1. The zero-order chi connectivity index (χ0) is 32.1. The predicted octanol–water partition coefficient (Wildman–Crippen LogP) is 1.37. The van der Waals surface area contributed by atoms with Gasteiger partial charge in [0.25, 0.3) is 0 Å². The van der Waals surface area contributed by atoms with E-state index in [1.807, 2.05) is 13.8 Å². The highest BCUT2D eigenvalue weighted by molar-refractivity contribution is 5.09. The van der Waals surface area contributed by atoms with Crippen LogP contribution in [-0.4, -0.2) is 115 Å². The SMILES string of the molecule is C=C[C@@](C)(CC[C@H]1[C@]2(C)CCC[C@@](C)(CO[C@@H]3O[C@@H](C)[C@H](O)[C@@H](O)[C@H]3O)[C@H]2CC[C@@]1(C)O)O[C@@H]1O[C@@H](C)[C@H](O)[C@@H](O)[C@H]1O. The summed E-state index contributed by atoms with van der Waals surface area (Å²) in [5, 5.41) is 73.5. The van der Waals surface area contributed by atoms with Crippen molar-refractivity contribution < 1.29 is 54.7 Å². The smallest absolute Gasteiger partial charge is 0.187 e. The van der Waals surface area contributed by atoms with E-state index in [2.05, 4.69) is 20.4 Å². The van der Waals surface area contributed by atoms with Gasteiger partial charge in [0.15, 0.2) is 12.6 Å². The van der Waals surface area contributed by atoms with Gasteiger partial charge in [-0.15, -0.1) is 6.58 Å². The van der Waals surface area contributed by atoms with Crippen LogP contribution in [0, 0.1) is 22.7 Å². The van der Waals surface area contributed by atoms with E-state index in [4.69, 9.17) is 18.9 Å². The molecule has 0 aromatic heterocycles. The molecule has 0 spiro atoms. The first-order valence-corrected chi connectivity index (χ1v) is 15.9. The molecule has 4 fully saturated rings. The van der Waals surface area contributed by atoms with E-state index in [0.29, 0.717) is 25.9 Å². The predicted molar refractivity (Wildman–Crippen MR) is 156 cm³/mol. The van der Waals surface area contributed by atoms with Gasteiger partial charge in [-0.25, -0.2) is 0 Å². The molecule has 16 atom stereocenters. The molecule has 0 amide bonds. The molecule has 2 saturated heterocycles. The van der Waals surface area contributed by atoms with Gasteiger partial charge in [0.1, 0.15) is 36.6 Å². The fraction of sp³-hybridized carbons (Fsp3) is 0.938. The zero-order valence-corrected chi connectivity index (χ0v) is 26.6. The second kappa shape index (κ2) is 12.8.